The first-order chi connectivity index (χ1) is 16.1. The highest BCUT2D eigenvalue weighted by atomic mass is 35.5. The minimum Gasteiger partial charge on any atom is -0.504 e. The van der Waals surface area contributed by atoms with Gasteiger partial charge in [-0.3, -0.25) is 0 Å². The number of aliphatic hydroxyl groups is 1. The van der Waals surface area contributed by atoms with Gasteiger partial charge in [0.15, 0.2) is 11.5 Å². The summed E-state index contributed by atoms with van der Waals surface area (Å²) in [5.74, 6) is 0.0880. The van der Waals surface area contributed by atoms with E-state index >= 15 is 0 Å². The Balaban J connectivity index is 0.00000306. The van der Waals surface area contributed by atoms with Crippen molar-refractivity contribution in [1.29, 1.82) is 0 Å². The number of rotatable bonds is 14. The smallest absolute Gasteiger partial charge is 0.160 e. The molecule has 1 aliphatic rings. The van der Waals surface area contributed by atoms with Crippen LogP contribution in [0.1, 0.15) is 67.7 Å². The minimum absolute atomic E-state index is 0. The normalized spacial score (nSPS) is 14.8. The summed E-state index contributed by atoms with van der Waals surface area (Å²) in [5, 5.41) is 32.6. The van der Waals surface area contributed by atoms with Crippen LogP contribution < -0.4 is 5.32 Å². The first-order valence-electron chi connectivity index (χ1n) is 12.8. The molecule has 7 heteroatoms. The molecular weight excluding hydrogens is 483 g/mol. The van der Waals surface area contributed by atoms with Gasteiger partial charge < -0.3 is 25.5 Å². The first-order valence-corrected chi connectivity index (χ1v) is 12.8. The Morgan fingerprint density at radius 3 is 2.31 bits per heavy atom. The molecule has 0 fully saturated rings. The zero-order valence-corrected chi connectivity index (χ0v) is 22.7. The summed E-state index contributed by atoms with van der Waals surface area (Å²) in [6, 6.07) is 12.4. The molecule has 2 aromatic rings. The summed E-state index contributed by atoms with van der Waals surface area (Å²) in [6.07, 6.45) is 10.0. The standard InChI is InChI=1S/C28H42N2O3.2ClH/c1-2-18-30(25-12-13-26-24(20-25)11-14-27(32)28(26)33)19-6-4-3-5-16-29-17-15-22-7-9-23(21-31)10-8-22;;/h7-11,14,25,29,31-33H,2-6,12-13,15-21H2,1H3;2*1H/t25-;;/m0../s1. The van der Waals surface area contributed by atoms with Gasteiger partial charge in [-0.05, 0) is 93.9 Å². The Bertz CT molecular complexity index is 849. The van der Waals surface area contributed by atoms with Gasteiger partial charge in [0, 0.05) is 11.6 Å². The van der Waals surface area contributed by atoms with Crippen LogP contribution in [0.3, 0.4) is 0 Å². The van der Waals surface area contributed by atoms with E-state index < -0.39 is 0 Å². The monoisotopic (exact) mass is 526 g/mol. The molecule has 4 N–H and O–H groups in total. The average Bonchev–Trinajstić information content (AvgIpc) is 2.84. The van der Waals surface area contributed by atoms with Crippen molar-refractivity contribution in [2.45, 2.75) is 77.4 Å². The molecule has 0 unspecified atom stereocenters. The third-order valence-electron chi connectivity index (χ3n) is 6.91. The molecule has 0 amide bonds. The molecule has 0 aliphatic heterocycles. The van der Waals surface area contributed by atoms with Gasteiger partial charge in [-0.2, -0.15) is 0 Å². The third kappa shape index (κ3) is 9.82. The highest BCUT2D eigenvalue weighted by Crippen LogP contribution is 2.36. The average molecular weight is 528 g/mol. The van der Waals surface area contributed by atoms with E-state index in [2.05, 4.69) is 29.3 Å². The van der Waals surface area contributed by atoms with E-state index in [9.17, 15) is 10.2 Å². The number of phenols is 2. The van der Waals surface area contributed by atoms with Crippen molar-refractivity contribution in [2.75, 3.05) is 26.2 Å². The molecule has 0 bridgehead atoms. The summed E-state index contributed by atoms with van der Waals surface area (Å²) in [5.41, 5.74) is 4.42. The van der Waals surface area contributed by atoms with E-state index in [4.69, 9.17) is 5.11 Å². The lowest BCUT2D eigenvalue weighted by Gasteiger charge is -2.35. The molecule has 1 atom stereocenters. The van der Waals surface area contributed by atoms with Crippen molar-refractivity contribution < 1.29 is 15.3 Å². The lowest BCUT2D eigenvalue weighted by molar-refractivity contribution is 0.175. The van der Waals surface area contributed by atoms with E-state index in [1.807, 2.05) is 18.2 Å². The Morgan fingerprint density at radius 1 is 0.886 bits per heavy atom. The number of aliphatic hydroxyl groups excluding tert-OH is 1. The van der Waals surface area contributed by atoms with Crippen LogP contribution in [-0.4, -0.2) is 52.4 Å². The molecule has 0 spiro atoms. The molecule has 1 aliphatic carbocycles. The minimum atomic E-state index is 0. The Labute approximate surface area is 223 Å². The molecule has 5 nitrogen and oxygen atoms in total. The molecular formula is C28H44Cl2N2O3. The lowest BCUT2D eigenvalue weighted by Crippen LogP contribution is -2.40. The van der Waals surface area contributed by atoms with Crippen LogP contribution in [0.2, 0.25) is 0 Å². The predicted molar refractivity (Wildman–Crippen MR) is 149 cm³/mol. The Hall–Kier alpha value is -1.50. The van der Waals surface area contributed by atoms with Gasteiger partial charge in [0.2, 0.25) is 0 Å². The van der Waals surface area contributed by atoms with Crippen molar-refractivity contribution in [3.8, 4) is 11.5 Å². The van der Waals surface area contributed by atoms with Crippen molar-refractivity contribution in [3.63, 3.8) is 0 Å². The highest BCUT2D eigenvalue weighted by Gasteiger charge is 2.26. The van der Waals surface area contributed by atoms with Crippen molar-refractivity contribution >= 4 is 24.8 Å². The quantitative estimate of drug-likeness (QED) is 0.196. The van der Waals surface area contributed by atoms with Crippen LogP contribution in [0.5, 0.6) is 11.5 Å². The van der Waals surface area contributed by atoms with E-state index in [0.717, 1.165) is 69.4 Å². The fourth-order valence-corrected chi connectivity index (χ4v) is 4.97. The molecule has 0 saturated carbocycles. The van der Waals surface area contributed by atoms with Crippen LogP contribution in [0.25, 0.3) is 0 Å². The SMILES string of the molecule is CCCN(CCCCCCNCCc1ccc(CO)cc1)[C@H]1CCc2c(ccc(O)c2O)C1.Cl.Cl. The molecule has 35 heavy (non-hydrogen) atoms. The van der Waals surface area contributed by atoms with Gasteiger partial charge in [-0.15, -0.1) is 24.8 Å². The molecule has 0 radical (unpaired) electrons. The number of nitrogens with one attached hydrogen (secondary N) is 1. The third-order valence-corrected chi connectivity index (χ3v) is 6.91. The number of halogens is 2. The summed E-state index contributed by atoms with van der Waals surface area (Å²) < 4.78 is 0. The Morgan fingerprint density at radius 2 is 1.60 bits per heavy atom. The fourth-order valence-electron chi connectivity index (χ4n) is 4.97. The van der Waals surface area contributed by atoms with Gasteiger partial charge >= 0.3 is 0 Å². The molecule has 3 rings (SSSR count). The van der Waals surface area contributed by atoms with Gasteiger partial charge in [0.25, 0.3) is 0 Å². The topological polar surface area (TPSA) is 76.0 Å². The maximum absolute atomic E-state index is 10.1. The van der Waals surface area contributed by atoms with Crippen LogP contribution in [0.4, 0.5) is 0 Å². The number of aromatic hydroxyl groups is 2. The number of hydrogen-bond acceptors (Lipinski definition) is 5. The number of unbranched alkanes of at least 4 members (excludes halogenated alkanes) is 3. The van der Waals surface area contributed by atoms with Gasteiger partial charge in [-0.1, -0.05) is 50.1 Å². The lowest BCUT2D eigenvalue weighted by atomic mass is 9.86. The molecule has 2 aromatic carbocycles. The predicted octanol–water partition coefficient (Wildman–Crippen LogP) is 5.40. The van der Waals surface area contributed by atoms with Crippen LogP contribution >= 0.6 is 24.8 Å². The molecule has 198 valence electrons. The second kappa shape index (κ2) is 17.0. The summed E-state index contributed by atoms with van der Waals surface area (Å²) in [7, 11) is 0. The summed E-state index contributed by atoms with van der Waals surface area (Å²) >= 11 is 0. The van der Waals surface area contributed by atoms with Crippen molar-refractivity contribution in [3.05, 3.63) is 58.7 Å². The second-order valence-corrected chi connectivity index (χ2v) is 9.39. The first kappa shape index (κ1) is 31.5. The van der Waals surface area contributed by atoms with E-state index in [1.54, 1.807) is 6.07 Å². The largest absolute Gasteiger partial charge is 0.504 e. The van der Waals surface area contributed by atoms with Gasteiger partial charge in [0.1, 0.15) is 0 Å². The zero-order valence-electron chi connectivity index (χ0n) is 21.0. The highest BCUT2D eigenvalue weighted by molar-refractivity contribution is 5.85. The van der Waals surface area contributed by atoms with Crippen LogP contribution in [0, 0.1) is 0 Å². The maximum atomic E-state index is 10.1. The number of benzene rings is 2. The molecule has 0 saturated heterocycles. The van der Waals surface area contributed by atoms with E-state index in [1.165, 1.54) is 36.8 Å². The van der Waals surface area contributed by atoms with Gasteiger partial charge in [-0.25, -0.2) is 0 Å². The maximum Gasteiger partial charge on any atom is 0.160 e. The summed E-state index contributed by atoms with van der Waals surface area (Å²) in [4.78, 5) is 2.65. The number of hydrogen-bond donors (Lipinski definition) is 4. The van der Waals surface area contributed by atoms with Gasteiger partial charge in [0.05, 0.1) is 6.61 Å². The Kier molecular flexibility index (Phi) is 15.4. The van der Waals surface area contributed by atoms with E-state index in [0.29, 0.717) is 6.04 Å². The second-order valence-electron chi connectivity index (χ2n) is 9.39. The number of nitrogens with zero attached hydrogens (tertiary/aromatic N) is 1. The molecule has 0 aromatic heterocycles. The zero-order chi connectivity index (χ0) is 23.5. The van der Waals surface area contributed by atoms with Crippen LogP contribution in [0.15, 0.2) is 36.4 Å². The number of phenolic OH excluding ortho intramolecular Hbond substituents is 2. The summed E-state index contributed by atoms with van der Waals surface area (Å²) in [6.45, 7) is 6.71. The van der Waals surface area contributed by atoms with Crippen molar-refractivity contribution in [1.82, 2.24) is 10.2 Å². The molecule has 0 heterocycles. The van der Waals surface area contributed by atoms with Crippen molar-refractivity contribution in [2.24, 2.45) is 0 Å². The fraction of sp³-hybridized carbons (Fsp3) is 0.571. The number of fused-ring (bicyclic) bond motifs is 1. The van der Waals surface area contributed by atoms with E-state index in [-0.39, 0.29) is 42.9 Å². The van der Waals surface area contributed by atoms with Crippen LogP contribution in [-0.2, 0) is 25.9 Å².